The van der Waals surface area contributed by atoms with Gasteiger partial charge in [0.1, 0.15) is 0 Å². The van der Waals surface area contributed by atoms with Crippen molar-refractivity contribution in [1.82, 2.24) is 4.98 Å². The SMILES string of the molecule is COc1nc2c(s1)CCC1=C2C=CCC1N. The third-order valence-corrected chi connectivity index (χ3v) is 4.27. The van der Waals surface area contributed by atoms with Crippen LogP contribution in [-0.2, 0) is 6.42 Å². The molecule has 3 rings (SSSR count). The van der Waals surface area contributed by atoms with E-state index in [4.69, 9.17) is 10.5 Å². The highest BCUT2D eigenvalue weighted by Crippen LogP contribution is 2.40. The minimum absolute atomic E-state index is 0.181. The molecule has 0 spiro atoms. The molecule has 0 saturated heterocycles. The van der Waals surface area contributed by atoms with Crippen molar-refractivity contribution in [1.29, 1.82) is 0 Å². The molecule has 16 heavy (non-hydrogen) atoms. The summed E-state index contributed by atoms with van der Waals surface area (Å²) in [4.78, 5) is 5.85. The summed E-state index contributed by atoms with van der Waals surface area (Å²) in [5, 5.41) is 0.756. The number of rotatable bonds is 1. The van der Waals surface area contributed by atoms with Gasteiger partial charge >= 0.3 is 0 Å². The molecule has 2 aliphatic rings. The molecule has 0 saturated carbocycles. The molecular formula is C12H14N2OS. The van der Waals surface area contributed by atoms with Gasteiger partial charge in [0.25, 0.3) is 5.19 Å². The van der Waals surface area contributed by atoms with E-state index < -0.39 is 0 Å². The standard InChI is InChI=1S/C12H14N2OS/c1-15-12-14-11-8-3-2-4-9(13)7(8)5-6-10(11)16-12/h2-3,9H,4-6,13H2,1H3. The minimum Gasteiger partial charge on any atom is -0.473 e. The molecule has 0 fully saturated rings. The van der Waals surface area contributed by atoms with Crippen LogP contribution in [0.1, 0.15) is 23.4 Å². The van der Waals surface area contributed by atoms with E-state index in [1.165, 1.54) is 16.0 Å². The van der Waals surface area contributed by atoms with E-state index in [1.54, 1.807) is 18.4 Å². The van der Waals surface area contributed by atoms with Crippen LogP contribution < -0.4 is 10.5 Å². The van der Waals surface area contributed by atoms with E-state index in [2.05, 4.69) is 17.1 Å². The highest BCUT2D eigenvalue weighted by atomic mass is 32.1. The van der Waals surface area contributed by atoms with Gasteiger partial charge in [-0.15, -0.1) is 0 Å². The minimum atomic E-state index is 0.181. The van der Waals surface area contributed by atoms with Crippen molar-refractivity contribution < 1.29 is 4.74 Å². The van der Waals surface area contributed by atoms with Crippen LogP contribution in [0, 0.1) is 0 Å². The maximum absolute atomic E-state index is 6.12. The van der Waals surface area contributed by atoms with E-state index in [0.717, 1.165) is 30.2 Å². The van der Waals surface area contributed by atoms with Gasteiger partial charge in [-0.25, -0.2) is 4.98 Å². The Kier molecular flexibility index (Phi) is 2.33. The molecule has 1 atom stereocenters. The third-order valence-electron chi connectivity index (χ3n) is 3.20. The highest BCUT2D eigenvalue weighted by Gasteiger charge is 2.26. The molecule has 0 radical (unpaired) electrons. The number of thiazole rings is 1. The van der Waals surface area contributed by atoms with Gasteiger partial charge in [-0.3, -0.25) is 0 Å². The van der Waals surface area contributed by atoms with E-state index in [1.807, 2.05) is 0 Å². The summed E-state index contributed by atoms with van der Waals surface area (Å²) >= 11 is 1.65. The van der Waals surface area contributed by atoms with Gasteiger partial charge in [0, 0.05) is 16.5 Å². The fraction of sp³-hybridized carbons (Fsp3) is 0.417. The summed E-state index contributed by atoms with van der Waals surface area (Å²) in [6.45, 7) is 0. The Morgan fingerprint density at radius 1 is 1.50 bits per heavy atom. The summed E-state index contributed by atoms with van der Waals surface area (Å²) < 4.78 is 5.20. The molecule has 1 aromatic heterocycles. The van der Waals surface area contributed by atoms with Crippen LogP contribution in [0.5, 0.6) is 5.19 Å². The summed E-state index contributed by atoms with van der Waals surface area (Å²) in [7, 11) is 1.67. The highest BCUT2D eigenvalue weighted by molar-refractivity contribution is 7.13. The third kappa shape index (κ3) is 1.41. The second kappa shape index (κ2) is 3.71. The molecule has 0 bridgehead atoms. The van der Waals surface area contributed by atoms with Crippen molar-refractivity contribution in [3.05, 3.63) is 28.3 Å². The van der Waals surface area contributed by atoms with E-state index in [-0.39, 0.29) is 6.04 Å². The van der Waals surface area contributed by atoms with Gasteiger partial charge in [-0.1, -0.05) is 23.5 Å². The number of methoxy groups -OCH3 is 1. The van der Waals surface area contributed by atoms with Gasteiger partial charge in [0.05, 0.1) is 12.8 Å². The van der Waals surface area contributed by atoms with Crippen LogP contribution in [-0.4, -0.2) is 18.1 Å². The first kappa shape index (κ1) is 10.1. The zero-order valence-corrected chi connectivity index (χ0v) is 10.0. The molecule has 4 heteroatoms. The van der Waals surface area contributed by atoms with Crippen LogP contribution in [0.3, 0.4) is 0 Å². The molecule has 1 unspecified atom stereocenters. The lowest BCUT2D eigenvalue weighted by atomic mass is 9.84. The Morgan fingerprint density at radius 2 is 2.38 bits per heavy atom. The number of ether oxygens (including phenoxy) is 1. The number of hydrogen-bond donors (Lipinski definition) is 1. The molecule has 1 aromatic rings. The maximum Gasteiger partial charge on any atom is 0.273 e. The monoisotopic (exact) mass is 234 g/mol. The quantitative estimate of drug-likeness (QED) is 0.810. The number of allylic oxidation sites excluding steroid dienone is 2. The summed E-state index contributed by atoms with van der Waals surface area (Å²) in [5.74, 6) is 0. The van der Waals surface area contributed by atoms with Crippen LogP contribution in [0.2, 0.25) is 0 Å². The lowest BCUT2D eigenvalue weighted by molar-refractivity contribution is 0.411. The lowest BCUT2D eigenvalue weighted by Crippen LogP contribution is -2.26. The zero-order chi connectivity index (χ0) is 11.1. The molecule has 84 valence electrons. The first-order chi connectivity index (χ1) is 7.79. The second-order valence-electron chi connectivity index (χ2n) is 4.14. The van der Waals surface area contributed by atoms with Crippen molar-refractivity contribution in [2.24, 2.45) is 5.73 Å². The Bertz CT molecular complexity index is 487. The Balaban J connectivity index is 2.12. The predicted octanol–water partition coefficient (Wildman–Crippen LogP) is 2.14. The summed E-state index contributed by atoms with van der Waals surface area (Å²) in [5.41, 5.74) is 9.81. The van der Waals surface area contributed by atoms with Crippen LogP contribution in [0.25, 0.3) is 5.57 Å². The summed E-state index contributed by atoms with van der Waals surface area (Å²) in [6, 6.07) is 0.181. The number of hydrogen-bond acceptors (Lipinski definition) is 4. The zero-order valence-electron chi connectivity index (χ0n) is 9.19. The number of aromatic nitrogens is 1. The average molecular weight is 234 g/mol. The van der Waals surface area contributed by atoms with Crippen LogP contribution in [0.15, 0.2) is 17.7 Å². The van der Waals surface area contributed by atoms with E-state index >= 15 is 0 Å². The first-order valence-electron chi connectivity index (χ1n) is 5.49. The molecule has 0 amide bonds. The van der Waals surface area contributed by atoms with E-state index in [0.29, 0.717) is 0 Å². The van der Waals surface area contributed by atoms with Crippen molar-refractivity contribution >= 4 is 16.9 Å². The van der Waals surface area contributed by atoms with Gasteiger partial charge in [-0.05, 0) is 24.8 Å². The Morgan fingerprint density at radius 3 is 3.19 bits per heavy atom. The second-order valence-corrected chi connectivity index (χ2v) is 5.19. The van der Waals surface area contributed by atoms with Gasteiger partial charge < -0.3 is 10.5 Å². The summed E-state index contributed by atoms with van der Waals surface area (Å²) in [6.07, 6.45) is 7.38. The topological polar surface area (TPSA) is 48.1 Å². The lowest BCUT2D eigenvalue weighted by Gasteiger charge is -2.25. The smallest absolute Gasteiger partial charge is 0.273 e. The molecule has 3 nitrogen and oxygen atoms in total. The molecule has 2 aliphatic carbocycles. The predicted molar refractivity (Wildman–Crippen MR) is 65.6 cm³/mol. The average Bonchev–Trinajstić information content (AvgIpc) is 2.72. The van der Waals surface area contributed by atoms with Crippen LogP contribution >= 0.6 is 11.3 Å². The molecular weight excluding hydrogens is 220 g/mol. The molecule has 2 N–H and O–H groups in total. The van der Waals surface area contributed by atoms with Crippen molar-refractivity contribution in [3.63, 3.8) is 0 Å². The molecule has 0 aromatic carbocycles. The van der Waals surface area contributed by atoms with E-state index in [9.17, 15) is 0 Å². The largest absolute Gasteiger partial charge is 0.473 e. The fourth-order valence-electron chi connectivity index (χ4n) is 2.38. The van der Waals surface area contributed by atoms with Gasteiger partial charge in [0.2, 0.25) is 0 Å². The number of nitrogens with two attached hydrogens (primary N) is 1. The van der Waals surface area contributed by atoms with Crippen molar-refractivity contribution in [2.75, 3.05) is 7.11 Å². The van der Waals surface area contributed by atoms with Crippen LogP contribution in [0.4, 0.5) is 0 Å². The Hall–Kier alpha value is -1.13. The normalized spacial score (nSPS) is 23.0. The van der Waals surface area contributed by atoms with Gasteiger partial charge in [-0.2, -0.15) is 0 Å². The number of fused-ring (bicyclic) bond motifs is 2. The number of nitrogens with zero attached hydrogens (tertiary/aromatic N) is 1. The Labute approximate surface area is 98.6 Å². The fourth-order valence-corrected chi connectivity index (χ4v) is 3.27. The number of aryl methyl sites for hydroxylation is 1. The van der Waals surface area contributed by atoms with Crippen molar-refractivity contribution in [3.8, 4) is 5.19 Å². The van der Waals surface area contributed by atoms with Crippen molar-refractivity contribution in [2.45, 2.75) is 25.3 Å². The molecule has 1 heterocycles. The maximum atomic E-state index is 6.12. The molecule has 0 aliphatic heterocycles. The first-order valence-corrected chi connectivity index (χ1v) is 6.30. The van der Waals surface area contributed by atoms with Gasteiger partial charge in [0.15, 0.2) is 0 Å².